The molecule has 0 amide bonds. The smallest absolute Gasteiger partial charge is 0.269 e. The highest BCUT2D eigenvalue weighted by Crippen LogP contribution is 2.41. The number of anilines is 1. The molecule has 1 heterocycles. The van der Waals surface area contributed by atoms with Crippen molar-refractivity contribution in [3.05, 3.63) is 68.2 Å². The first-order chi connectivity index (χ1) is 13.1. The summed E-state index contributed by atoms with van der Waals surface area (Å²) in [5.41, 5.74) is 5.72. The molecule has 2 aromatic carbocycles. The number of nitrogens with zero attached hydrogens (tertiary/aromatic N) is 3. The third kappa shape index (κ3) is 3.67. The number of likely N-dealkylation sites (N-methyl/N-ethyl adjacent to an activating group) is 1. The minimum Gasteiger partial charge on any atom is -0.363 e. The van der Waals surface area contributed by atoms with E-state index in [9.17, 15) is 10.1 Å². The Morgan fingerprint density at radius 1 is 1.25 bits per heavy atom. The molecular formula is C22H24ClN3O2. The average molecular weight is 398 g/mol. The molecule has 0 aromatic heterocycles. The van der Waals surface area contributed by atoms with Crippen LogP contribution >= 0.6 is 11.6 Å². The van der Waals surface area contributed by atoms with E-state index in [-0.39, 0.29) is 11.2 Å². The second-order valence-electron chi connectivity index (χ2n) is 7.60. The predicted molar refractivity (Wildman–Crippen MR) is 117 cm³/mol. The highest BCUT2D eigenvalue weighted by molar-refractivity contribution is 6.33. The van der Waals surface area contributed by atoms with Crippen LogP contribution in [0.15, 0.2) is 41.4 Å². The molecule has 0 unspecified atom stereocenters. The number of aryl methyl sites for hydroxylation is 1. The Bertz CT molecular complexity index is 1010. The number of nitro benzene ring substituents is 1. The van der Waals surface area contributed by atoms with Gasteiger partial charge in [-0.25, -0.2) is 0 Å². The Hall–Kier alpha value is -2.66. The molecule has 0 spiro atoms. The number of allylic oxidation sites excluding steroid dienone is 1. The van der Waals surface area contributed by atoms with Gasteiger partial charge in [0.15, 0.2) is 0 Å². The molecule has 0 saturated carbocycles. The number of aliphatic imine (C=N–C) groups is 1. The van der Waals surface area contributed by atoms with Crippen LogP contribution in [0.25, 0.3) is 5.57 Å². The first-order valence-corrected chi connectivity index (χ1v) is 9.62. The van der Waals surface area contributed by atoms with Gasteiger partial charge in [0, 0.05) is 41.7 Å². The highest BCUT2D eigenvalue weighted by Gasteiger charge is 2.30. The average Bonchev–Trinajstić information content (AvgIpc) is 2.60. The number of fused-ring (bicyclic) bond motifs is 1. The molecule has 0 atom stereocenters. The van der Waals surface area contributed by atoms with Gasteiger partial charge in [-0.2, -0.15) is 0 Å². The molecule has 0 saturated heterocycles. The van der Waals surface area contributed by atoms with E-state index in [1.807, 2.05) is 13.0 Å². The van der Waals surface area contributed by atoms with Crippen molar-refractivity contribution in [3.8, 4) is 0 Å². The fourth-order valence-electron chi connectivity index (χ4n) is 3.83. The minimum atomic E-state index is -0.406. The van der Waals surface area contributed by atoms with E-state index in [1.54, 1.807) is 12.3 Å². The molecule has 0 N–H and O–H groups in total. The maximum absolute atomic E-state index is 10.9. The van der Waals surface area contributed by atoms with Crippen LogP contribution in [0.5, 0.6) is 0 Å². The number of hydrogen-bond acceptors (Lipinski definition) is 4. The standard InChI is InChI=1S/C22H24ClN3O2/c1-6-25-21-11-19(23)16(10-18(21)15(3)12-22(25,4)5)13-24-20-8-7-17(26(27)28)9-14(20)2/h7-13H,6H2,1-5H3. The zero-order valence-electron chi connectivity index (χ0n) is 16.8. The monoisotopic (exact) mass is 397 g/mol. The second kappa shape index (κ2) is 7.40. The van der Waals surface area contributed by atoms with Gasteiger partial charge in [-0.05, 0) is 64.0 Å². The van der Waals surface area contributed by atoms with Crippen molar-refractivity contribution in [2.75, 3.05) is 11.4 Å². The zero-order chi connectivity index (χ0) is 20.6. The van der Waals surface area contributed by atoms with Gasteiger partial charge < -0.3 is 4.90 Å². The Morgan fingerprint density at radius 2 is 1.96 bits per heavy atom. The van der Waals surface area contributed by atoms with Crippen LogP contribution < -0.4 is 4.90 Å². The van der Waals surface area contributed by atoms with Crippen LogP contribution in [0.2, 0.25) is 5.02 Å². The van der Waals surface area contributed by atoms with E-state index >= 15 is 0 Å². The van der Waals surface area contributed by atoms with E-state index in [4.69, 9.17) is 11.6 Å². The van der Waals surface area contributed by atoms with Crippen molar-refractivity contribution < 1.29 is 4.92 Å². The number of halogens is 1. The van der Waals surface area contributed by atoms with Gasteiger partial charge in [0.1, 0.15) is 0 Å². The number of rotatable bonds is 4. The van der Waals surface area contributed by atoms with E-state index in [0.29, 0.717) is 10.7 Å². The van der Waals surface area contributed by atoms with Crippen molar-refractivity contribution in [2.45, 2.75) is 40.2 Å². The molecule has 28 heavy (non-hydrogen) atoms. The lowest BCUT2D eigenvalue weighted by Gasteiger charge is -2.43. The lowest BCUT2D eigenvalue weighted by atomic mass is 9.88. The fourth-order valence-corrected chi connectivity index (χ4v) is 4.04. The number of hydrogen-bond donors (Lipinski definition) is 0. The van der Waals surface area contributed by atoms with Crippen molar-refractivity contribution in [1.29, 1.82) is 0 Å². The maximum Gasteiger partial charge on any atom is 0.269 e. The maximum atomic E-state index is 10.9. The number of nitro groups is 1. The normalized spacial score (nSPS) is 15.5. The van der Waals surface area contributed by atoms with Gasteiger partial charge in [-0.3, -0.25) is 15.1 Å². The summed E-state index contributed by atoms with van der Waals surface area (Å²) >= 11 is 6.57. The first kappa shape index (κ1) is 20.1. The van der Waals surface area contributed by atoms with Crippen molar-refractivity contribution >= 4 is 40.5 Å². The van der Waals surface area contributed by atoms with Crippen LogP contribution in [-0.2, 0) is 0 Å². The van der Waals surface area contributed by atoms with E-state index < -0.39 is 4.92 Å². The topological polar surface area (TPSA) is 58.7 Å². The third-order valence-electron chi connectivity index (χ3n) is 5.15. The van der Waals surface area contributed by atoms with Crippen LogP contribution in [0.3, 0.4) is 0 Å². The summed E-state index contributed by atoms with van der Waals surface area (Å²) in [5, 5.41) is 11.5. The fraction of sp³-hybridized carbons (Fsp3) is 0.318. The number of non-ortho nitro benzene ring substituents is 1. The van der Waals surface area contributed by atoms with Gasteiger partial charge in [0.25, 0.3) is 5.69 Å². The predicted octanol–water partition coefficient (Wildman–Crippen LogP) is 6.33. The third-order valence-corrected chi connectivity index (χ3v) is 5.47. The van der Waals surface area contributed by atoms with Gasteiger partial charge >= 0.3 is 0 Å². The van der Waals surface area contributed by atoms with Crippen molar-refractivity contribution in [2.24, 2.45) is 4.99 Å². The summed E-state index contributed by atoms with van der Waals surface area (Å²) in [6.45, 7) is 11.3. The van der Waals surface area contributed by atoms with Crippen molar-refractivity contribution in [3.63, 3.8) is 0 Å². The first-order valence-electron chi connectivity index (χ1n) is 9.24. The lowest BCUT2D eigenvalue weighted by molar-refractivity contribution is -0.384. The quantitative estimate of drug-likeness (QED) is 0.344. The molecule has 146 valence electrons. The Labute approximate surface area is 170 Å². The summed E-state index contributed by atoms with van der Waals surface area (Å²) in [5.74, 6) is 0. The summed E-state index contributed by atoms with van der Waals surface area (Å²) in [4.78, 5) is 17.3. The molecular weight excluding hydrogens is 374 g/mol. The summed E-state index contributed by atoms with van der Waals surface area (Å²) in [7, 11) is 0. The second-order valence-corrected chi connectivity index (χ2v) is 8.01. The lowest BCUT2D eigenvalue weighted by Crippen LogP contribution is -2.44. The SMILES string of the molecule is CCN1c2cc(Cl)c(C=Nc3ccc([N+](=O)[O-])cc3C)cc2C(C)=CC1(C)C. The molecule has 1 aliphatic rings. The molecule has 0 radical (unpaired) electrons. The van der Waals surface area contributed by atoms with Crippen LogP contribution in [0, 0.1) is 17.0 Å². The molecule has 0 fully saturated rings. The summed E-state index contributed by atoms with van der Waals surface area (Å²) in [6.07, 6.45) is 3.99. The Morgan fingerprint density at radius 3 is 2.57 bits per heavy atom. The van der Waals surface area contributed by atoms with Gasteiger partial charge in [-0.15, -0.1) is 0 Å². The minimum absolute atomic E-state index is 0.0614. The van der Waals surface area contributed by atoms with Gasteiger partial charge in [0.05, 0.1) is 21.2 Å². The molecule has 5 nitrogen and oxygen atoms in total. The molecule has 2 aromatic rings. The number of benzene rings is 2. The summed E-state index contributed by atoms with van der Waals surface area (Å²) in [6, 6.07) is 8.70. The molecule has 3 rings (SSSR count). The molecule has 0 bridgehead atoms. The Balaban J connectivity index is 2.00. The molecule has 6 heteroatoms. The van der Waals surface area contributed by atoms with Crippen LogP contribution in [0.4, 0.5) is 17.1 Å². The van der Waals surface area contributed by atoms with E-state index in [0.717, 1.165) is 28.9 Å². The van der Waals surface area contributed by atoms with Gasteiger partial charge in [0.2, 0.25) is 0 Å². The van der Waals surface area contributed by atoms with Crippen LogP contribution in [0.1, 0.15) is 44.4 Å². The van der Waals surface area contributed by atoms with Crippen LogP contribution in [-0.4, -0.2) is 23.2 Å². The van der Waals surface area contributed by atoms with Gasteiger partial charge in [-0.1, -0.05) is 17.7 Å². The van der Waals surface area contributed by atoms with E-state index in [1.165, 1.54) is 17.7 Å². The van der Waals surface area contributed by atoms with E-state index in [2.05, 4.69) is 49.7 Å². The molecule has 0 aliphatic carbocycles. The summed E-state index contributed by atoms with van der Waals surface area (Å²) < 4.78 is 0. The highest BCUT2D eigenvalue weighted by atomic mass is 35.5. The largest absolute Gasteiger partial charge is 0.363 e. The Kier molecular flexibility index (Phi) is 5.31. The zero-order valence-corrected chi connectivity index (χ0v) is 17.5. The molecule has 1 aliphatic heterocycles. The van der Waals surface area contributed by atoms with Crippen molar-refractivity contribution in [1.82, 2.24) is 0 Å².